The number of benzene rings is 1. The first-order valence-corrected chi connectivity index (χ1v) is 8.95. The van der Waals surface area contributed by atoms with Gasteiger partial charge in [-0.2, -0.15) is 0 Å². The van der Waals surface area contributed by atoms with Crippen molar-refractivity contribution in [2.45, 2.75) is 38.2 Å². The first kappa shape index (κ1) is 17.0. The van der Waals surface area contributed by atoms with E-state index in [-0.39, 0.29) is 29.8 Å². The molecule has 1 aromatic rings. The third-order valence-corrected chi connectivity index (χ3v) is 4.78. The highest BCUT2D eigenvalue weighted by Crippen LogP contribution is 2.38. The van der Waals surface area contributed by atoms with Crippen LogP contribution in [0.15, 0.2) is 30.3 Å². The van der Waals surface area contributed by atoms with Gasteiger partial charge in [-0.1, -0.05) is 30.3 Å². The summed E-state index contributed by atoms with van der Waals surface area (Å²) in [5.74, 6) is -0.290. The van der Waals surface area contributed by atoms with Crippen molar-refractivity contribution in [3.8, 4) is 0 Å². The van der Waals surface area contributed by atoms with E-state index >= 15 is 0 Å². The molecular weight excluding hydrogens is 304 g/mol. The summed E-state index contributed by atoms with van der Waals surface area (Å²) >= 11 is 0. The van der Waals surface area contributed by atoms with E-state index in [1.54, 1.807) is 0 Å². The maximum absolute atomic E-state index is 12.1. The van der Waals surface area contributed by atoms with Crippen molar-refractivity contribution in [3.63, 3.8) is 0 Å². The second-order valence-electron chi connectivity index (χ2n) is 6.71. The summed E-state index contributed by atoms with van der Waals surface area (Å²) in [5.41, 5.74) is 1.28. The van der Waals surface area contributed by atoms with E-state index in [0.29, 0.717) is 19.5 Å². The Hall–Kier alpha value is -1.88. The fraction of sp³-hybridized carbons (Fsp3) is 0.579. The van der Waals surface area contributed by atoms with Crippen molar-refractivity contribution in [1.29, 1.82) is 0 Å². The summed E-state index contributed by atoms with van der Waals surface area (Å²) in [7, 11) is 0. The predicted octanol–water partition coefficient (Wildman–Crippen LogP) is 1.67. The molecule has 0 radical (unpaired) electrons. The molecule has 1 saturated carbocycles. The fourth-order valence-corrected chi connectivity index (χ4v) is 3.21. The molecule has 130 valence electrons. The molecule has 1 aliphatic heterocycles. The lowest BCUT2D eigenvalue weighted by molar-refractivity contribution is -0.127. The Bertz CT molecular complexity index is 555. The van der Waals surface area contributed by atoms with Crippen molar-refractivity contribution >= 4 is 11.8 Å². The van der Waals surface area contributed by atoms with E-state index in [0.717, 1.165) is 32.3 Å². The van der Waals surface area contributed by atoms with Crippen molar-refractivity contribution < 1.29 is 14.3 Å². The van der Waals surface area contributed by atoms with Gasteiger partial charge in [-0.3, -0.25) is 9.59 Å². The van der Waals surface area contributed by atoms with Crippen LogP contribution in [0, 0.1) is 11.8 Å². The average molecular weight is 330 g/mol. The lowest BCUT2D eigenvalue weighted by Gasteiger charge is -2.10. The number of rotatable bonds is 8. The van der Waals surface area contributed by atoms with E-state index in [2.05, 4.69) is 22.8 Å². The zero-order valence-electron chi connectivity index (χ0n) is 14.0. The number of carbonyl (C=O) groups excluding carboxylic acids is 2. The Kier molecular flexibility index (Phi) is 5.86. The van der Waals surface area contributed by atoms with Crippen LogP contribution in [0.1, 0.15) is 31.2 Å². The maximum Gasteiger partial charge on any atom is 0.224 e. The van der Waals surface area contributed by atoms with Crippen LogP contribution in [0.4, 0.5) is 0 Å². The Balaban J connectivity index is 1.28. The number of amides is 2. The molecule has 2 amide bonds. The van der Waals surface area contributed by atoms with Crippen LogP contribution in [0.2, 0.25) is 0 Å². The number of carbonyl (C=O) groups is 2. The van der Waals surface area contributed by atoms with Crippen LogP contribution in [0.3, 0.4) is 0 Å². The highest BCUT2D eigenvalue weighted by molar-refractivity contribution is 5.92. The lowest BCUT2D eigenvalue weighted by atomic mass is 10.1. The maximum atomic E-state index is 12.1. The van der Waals surface area contributed by atoms with Gasteiger partial charge in [0, 0.05) is 19.7 Å². The Morgan fingerprint density at radius 2 is 1.83 bits per heavy atom. The normalized spacial score (nSPS) is 25.2. The molecule has 1 heterocycles. The minimum absolute atomic E-state index is 0.00469. The van der Waals surface area contributed by atoms with Gasteiger partial charge in [0.2, 0.25) is 11.8 Å². The Morgan fingerprint density at radius 3 is 2.54 bits per heavy atom. The lowest BCUT2D eigenvalue weighted by Crippen LogP contribution is -2.34. The van der Waals surface area contributed by atoms with Gasteiger partial charge in [0.15, 0.2) is 0 Å². The zero-order chi connectivity index (χ0) is 16.8. The molecule has 2 fully saturated rings. The monoisotopic (exact) mass is 330 g/mol. The first-order chi connectivity index (χ1) is 11.7. The van der Waals surface area contributed by atoms with Crippen LogP contribution in [-0.2, 0) is 20.7 Å². The molecule has 5 heteroatoms. The van der Waals surface area contributed by atoms with Gasteiger partial charge in [-0.05, 0) is 37.7 Å². The van der Waals surface area contributed by atoms with Gasteiger partial charge in [-0.25, -0.2) is 0 Å². The van der Waals surface area contributed by atoms with E-state index in [1.807, 2.05) is 18.2 Å². The number of hydrogen-bond acceptors (Lipinski definition) is 3. The number of nitrogens with one attached hydrogen (secondary N) is 2. The smallest absolute Gasteiger partial charge is 0.224 e. The molecule has 1 aromatic carbocycles. The fourth-order valence-electron chi connectivity index (χ4n) is 3.21. The molecule has 2 aliphatic rings. The first-order valence-electron chi connectivity index (χ1n) is 8.95. The topological polar surface area (TPSA) is 67.4 Å². The molecule has 5 nitrogen and oxygen atoms in total. The largest absolute Gasteiger partial charge is 0.376 e. The number of ether oxygens (including phenoxy) is 1. The third kappa shape index (κ3) is 4.81. The number of hydrogen-bond donors (Lipinski definition) is 2. The second-order valence-corrected chi connectivity index (χ2v) is 6.71. The Morgan fingerprint density at radius 1 is 1.08 bits per heavy atom. The van der Waals surface area contributed by atoms with Crippen LogP contribution >= 0.6 is 0 Å². The molecule has 1 saturated heterocycles. The van der Waals surface area contributed by atoms with Gasteiger partial charge in [-0.15, -0.1) is 0 Å². The minimum Gasteiger partial charge on any atom is -0.376 e. The highest BCUT2D eigenvalue weighted by Gasteiger charge is 2.47. The molecule has 3 atom stereocenters. The molecule has 0 aromatic heterocycles. The van der Waals surface area contributed by atoms with E-state index in [4.69, 9.17) is 4.74 Å². The third-order valence-electron chi connectivity index (χ3n) is 4.78. The summed E-state index contributed by atoms with van der Waals surface area (Å²) in [6.07, 6.45) is 4.77. The van der Waals surface area contributed by atoms with Crippen LogP contribution in [-0.4, -0.2) is 37.6 Å². The van der Waals surface area contributed by atoms with Crippen molar-refractivity contribution in [2.24, 2.45) is 11.8 Å². The predicted molar refractivity (Wildman–Crippen MR) is 91.4 cm³/mol. The van der Waals surface area contributed by atoms with Gasteiger partial charge in [0.1, 0.15) is 0 Å². The summed E-state index contributed by atoms with van der Waals surface area (Å²) in [6, 6.07) is 10.2. The van der Waals surface area contributed by atoms with Crippen molar-refractivity contribution in [1.82, 2.24) is 10.6 Å². The van der Waals surface area contributed by atoms with Crippen molar-refractivity contribution in [2.75, 3.05) is 19.7 Å². The summed E-state index contributed by atoms with van der Waals surface area (Å²) < 4.78 is 5.49. The highest BCUT2D eigenvalue weighted by atomic mass is 16.5. The zero-order valence-corrected chi connectivity index (χ0v) is 14.0. The molecule has 24 heavy (non-hydrogen) atoms. The average Bonchev–Trinajstić information content (AvgIpc) is 3.25. The minimum atomic E-state index is -0.152. The summed E-state index contributed by atoms with van der Waals surface area (Å²) in [6.45, 7) is 2.02. The van der Waals surface area contributed by atoms with Gasteiger partial charge < -0.3 is 15.4 Å². The van der Waals surface area contributed by atoms with E-state index in [9.17, 15) is 9.59 Å². The van der Waals surface area contributed by atoms with Crippen LogP contribution < -0.4 is 10.6 Å². The number of aryl methyl sites for hydroxylation is 1. The quantitative estimate of drug-likeness (QED) is 0.713. The van der Waals surface area contributed by atoms with E-state index in [1.165, 1.54) is 5.56 Å². The molecular formula is C19H26N2O3. The van der Waals surface area contributed by atoms with Crippen LogP contribution in [0.5, 0.6) is 0 Å². The van der Waals surface area contributed by atoms with Crippen LogP contribution in [0.25, 0.3) is 0 Å². The molecule has 3 unspecified atom stereocenters. The standard InChI is InChI=1S/C19H26N2O3/c22-18(20-10-4-8-14-6-2-1-3-7-14)16-12-17(16)19(23)21-13-15-9-5-11-24-15/h1-3,6-7,15-17H,4-5,8-13H2,(H,20,22)(H,21,23). The molecule has 0 spiro atoms. The SMILES string of the molecule is O=C(NCCCc1ccccc1)C1CC1C(=O)NCC1CCCO1. The van der Waals surface area contributed by atoms with Gasteiger partial charge in [0.05, 0.1) is 17.9 Å². The second kappa shape index (κ2) is 8.29. The van der Waals surface area contributed by atoms with Crippen molar-refractivity contribution in [3.05, 3.63) is 35.9 Å². The molecule has 2 N–H and O–H groups in total. The molecule has 1 aliphatic carbocycles. The van der Waals surface area contributed by atoms with E-state index < -0.39 is 0 Å². The summed E-state index contributed by atoms with van der Waals surface area (Å²) in [4.78, 5) is 24.1. The molecule has 3 rings (SSSR count). The summed E-state index contributed by atoms with van der Waals surface area (Å²) in [5, 5.41) is 5.87. The van der Waals surface area contributed by atoms with Gasteiger partial charge in [0.25, 0.3) is 0 Å². The molecule has 0 bridgehead atoms. The van der Waals surface area contributed by atoms with Gasteiger partial charge >= 0.3 is 0 Å². The Labute approximate surface area is 143 Å².